The van der Waals surface area contributed by atoms with Crippen LogP contribution in [-0.2, 0) is 0 Å². The maximum absolute atomic E-state index is 9.83. The van der Waals surface area contributed by atoms with Crippen LogP contribution in [0.1, 0.15) is 16.7 Å². The third kappa shape index (κ3) is 1.87. The van der Waals surface area contributed by atoms with E-state index in [2.05, 4.69) is 11.6 Å². The number of aryl methyl sites for hydroxylation is 1. The number of aromatic nitrogens is 1. The van der Waals surface area contributed by atoms with Crippen molar-refractivity contribution in [3.8, 4) is 5.75 Å². The third-order valence-electron chi connectivity index (χ3n) is 2.74. The van der Waals surface area contributed by atoms with Crippen molar-refractivity contribution in [2.75, 3.05) is 0 Å². The molecule has 1 aromatic carbocycles. The van der Waals surface area contributed by atoms with E-state index in [-0.39, 0.29) is 5.75 Å². The lowest BCUT2D eigenvalue weighted by molar-refractivity contribution is 0.467. The molecular formula is C14H15NO. The molecule has 16 heavy (non-hydrogen) atoms. The van der Waals surface area contributed by atoms with Gasteiger partial charge in [-0.05, 0) is 25.5 Å². The summed E-state index contributed by atoms with van der Waals surface area (Å²) in [5, 5.41) is 11.3. The maximum Gasteiger partial charge on any atom is 0.143 e. The fourth-order valence-electron chi connectivity index (χ4n) is 1.59. The molecule has 2 rings (SSSR count). The van der Waals surface area contributed by atoms with E-state index in [1.165, 1.54) is 5.56 Å². The van der Waals surface area contributed by atoms with E-state index in [1.54, 1.807) is 0 Å². The standard InChI is InChI=1S/C14H15NO/c1-9-4-6-12(7-5-9)8-13-14(16)10(2)11(3)15-13/h4-8,15-16H,3H2,1-2H3/b13-8+. The topological polar surface area (TPSA) is 36.0 Å². The molecule has 2 nitrogen and oxygen atoms in total. The largest absolute Gasteiger partial charge is 0.505 e. The van der Waals surface area contributed by atoms with Crippen molar-refractivity contribution >= 4 is 12.7 Å². The molecule has 0 aliphatic rings. The van der Waals surface area contributed by atoms with Gasteiger partial charge in [0.2, 0.25) is 0 Å². The Morgan fingerprint density at radius 1 is 1.19 bits per heavy atom. The summed E-state index contributed by atoms with van der Waals surface area (Å²) in [5.41, 5.74) is 3.09. The Balaban J connectivity index is 2.55. The molecule has 0 aliphatic heterocycles. The first-order valence-electron chi connectivity index (χ1n) is 5.23. The van der Waals surface area contributed by atoms with Crippen LogP contribution < -0.4 is 10.7 Å². The van der Waals surface area contributed by atoms with Crippen LogP contribution in [0.3, 0.4) is 0 Å². The van der Waals surface area contributed by atoms with Crippen LogP contribution in [0.4, 0.5) is 0 Å². The van der Waals surface area contributed by atoms with Gasteiger partial charge in [0.15, 0.2) is 0 Å². The molecule has 1 heterocycles. The Labute approximate surface area is 94.6 Å². The summed E-state index contributed by atoms with van der Waals surface area (Å²) < 4.78 is 0. The molecule has 2 aromatic rings. The summed E-state index contributed by atoms with van der Waals surface area (Å²) in [7, 11) is 0. The monoisotopic (exact) mass is 213 g/mol. The Bertz CT molecular complexity index is 605. The van der Waals surface area contributed by atoms with Crippen LogP contribution in [0.2, 0.25) is 0 Å². The fourth-order valence-corrected chi connectivity index (χ4v) is 1.59. The second-order valence-corrected chi connectivity index (χ2v) is 4.05. The summed E-state index contributed by atoms with van der Waals surface area (Å²) in [5.74, 6) is 0.283. The molecule has 2 N–H and O–H groups in total. The van der Waals surface area contributed by atoms with Crippen molar-refractivity contribution in [2.24, 2.45) is 0 Å². The van der Waals surface area contributed by atoms with Gasteiger partial charge in [0.25, 0.3) is 0 Å². The first-order valence-corrected chi connectivity index (χ1v) is 5.23. The van der Waals surface area contributed by atoms with Crippen LogP contribution in [0.25, 0.3) is 12.7 Å². The first kappa shape index (κ1) is 10.6. The van der Waals surface area contributed by atoms with Crippen molar-refractivity contribution in [3.63, 3.8) is 0 Å². The minimum atomic E-state index is 0.283. The number of hydrogen-bond donors (Lipinski definition) is 2. The minimum Gasteiger partial charge on any atom is -0.505 e. The smallest absolute Gasteiger partial charge is 0.143 e. The fraction of sp³-hybridized carbons (Fsp3) is 0.143. The van der Waals surface area contributed by atoms with Gasteiger partial charge in [0.05, 0.1) is 5.35 Å². The lowest BCUT2D eigenvalue weighted by Gasteiger charge is -1.94. The number of aromatic hydroxyl groups is 1. The number of nitrogens with one attached hydrogen (secondary N) is 1. The summed E-state index contributed by atoms with van der Waals surface area (Å²) >= 11 is 0. The van der Waals surface area contributed by atoms with E-state index in [0.717, 1.165) is 16.5 Å². The summed E-state index contributed by atoms with van der Waals surface area (Å²) in [6.07, 6.45) is 1.91. The lowest BCUT2D eigenvalue weighted by Crippen LogP contribution is -2.08. The Kier molecular flexibility index (Phi) is 2.57. The van der Waals surface area contributed by atoms with E-state index in [1.807, 2.05) is 44.2 Å². The van der Waals surface area contributed by atoms with Gasteiger partial charge in [0.1, 0.15) is 5.75 Å². The van der Waals surface area contributed by atoms with Crippen LogP contribution in [-0.4, -0.2) is 10.1 Å². The van der Waals surface area contributed by atoms with Crippen molar-refractivity contribution < 1.29 is 5.11 Å². The summed E-state index contributed by atoms with van der Waals surface area (Å²) in [6.45, 7) is 7.72. The molecule has 0 bridgehead atoms. The SMILES string of the molecule is C=c1[nH]/c(=C/c2ccc(C)cc2)c(O)c1C. The highest BCUT2D eigenvalue weighted by Gasteiger charge is 2.01. The van der Waals surface area contributed by atoms with Gasteiger partial charge < -0.3 is 10.1 Å². The zero-order valence-corrected chi connectivity index (χ0v) is 9.54. The van der Waals surface area contributed by atoms with Crippen molar-refractivity contribution in [1.29, 1.82) is 0 Å². The molecule has 0 amide bonds. The molecule has 2 heteroatoms. The average Bonchev–Trinajstić information content (AvgIpc) is 2.50. The van der Waals surface area contributed by atoms with Gasteiger partial charge in [-0.2, -0.15) is 0 Å². The highest BCUT2D eigenvalue weighted by molar-refractivity contribution is 5.52. The van der Waals surface area contributed by atoms with Gasteiger partial charge in [-0.3, -0.25) is 0 Å². The minimum absolute atomic E-state index is 0.283. The summed E-state index contributed by atoms with van der Waals surface area (Å²) in [6, 6.07) is 8.13. The van der Waals surface area contributed by atoms with Gasteiger partial charge in [-0.15, -0.1) is 0 Å². The van der Waals surface area contributed by atoms with Gasteiger partial charge in [-0.1, -0.05) is 36.4 Å². The second kappa shape index (κ2) is 3.89. The maximum atomic E-state index is 9.83. The molecule has 1 aromatic heterocycles. The molecule has 0 saturated carbocycles. The number of hydrogen-bond acceptors (Lipinski definition) is 1. The molecule has 0 atom stereocenters. The van der Waals surface area contributed by atoms with E-state index >= 15 is 0 Å². The molecule has 0 unspecified atom stereocenters. The van der Waals surface area contributed by atoms with Crippen molar-refractivity contribution in [1.82, 2.24) is 4.98 Å². The predicted molar refractivity (Wildman–Crippen MR) is 66.7 cm³/mol. The van der Waals surface area contributed by atoms with E-state index < -0.39 is 0 Å². The molecule has 0 fully saturated rings. The van der Waals surface area contributed by atoms with E-state index in [4.69, 9.17) is 0 Å². The zero-order valence-electron chi connectivity index (χ0n) is 9.54. The predicted octanol–water partition coefficient (Wildman–Crippen LogP) is 1.58. The second-order valence-electron chi connectivity index (χ2n) is 4.05. The molecular weight excluding hydrogens is 198 g/mol. The highest BCUT2D eigenvalue weighted by atomic mass is 16.3. The molecule has 0 radical (unpaired) electrons. The normalized spacial score (nSPS) is 12.0. The van der Waals surface area contributed by atoms with Gasteiger partial charge in [0, 0.05) is 10.9 Å². The first-order chi connectivity index (χ1) is 7.58. The Morgan fingerprint density at radius 3 is 2.31 bits per heavy atom. The van der Waals surface area contributed by atoms with Crippen LogP contribution in [0, 0.1) is 13.8 Å². The van der Waals surface area contributed by atoms with Crippen LogP contribution in [0.15, 0.2) is 24.3 Å². The zero-order chi connectivity index (χ0) is 11.7. The van der Waals surface area contributed by atoms with Gasteiger partial charge >= 0.3 is 0 Å². The number of H-pyrrole nitrogens is 1. The quantitative estimate of drug-likeness (QED) is 0.741. The lowest BCUT2D eigenvalue weighted by atomic mass is 10.1. The number of benzene rings is 1. The molecule has 0 aliphatic carbocycles. The molecule has 82 valence electrons. The van der Waals surface area contributed by atoms with Crippen molar-refractivity contribution in [2.45, 2.75) is 13.8 Å². The van der Waals surface area contributed by atoms with Crippen molar-refractivity contribution in [3.05, 3.63) is 51.7 Å². The van der Waals surface area contributed by atoms with Crippen LogP contribution in [0.5, 0.6) is 5.75 Å². The Morgan fingerprint density at radius 2 is 1.81 bits per heavy atom. The van der Waals surface area contributed by atoms with Gasteiger partial charge in [-0.25, -0.2) is 0 Å². The number of aromatic amines is 1. The highest BCUT2D eigenvalue weighted by Crippen LogP contribution is 2.06. The van der Waals surface area contributed by atoms with Crippen LogP contribution >= 0.6 is 0 Å². The van der Waals surface area contributed by atoms with E-state index in [9.17, 15) is 5.11 Å². The average molecular weight is 213 g/mol. The molecule has 0 saturated heterocycles. The molecule has 0 spiro atoms. The third-order valence-corrected chi connectivity index (χ3v) is 2.74. The van der Waals surface area contributed by atoms with E-state index in [0.29, 0.717) is 5.35 Å². The number of rotatable bonds is 1. The summed E-state index contributed by atoms with van der Waals surface area (Å²) in [4.78, 5) is 3.06. The Hall–Kier alpha value is -1.96.